The molecule has 1 aromatic heterocycles. The topological polar surface area (TPSA) is 83.2 Å². The van der Waals surface area contributed by atoms with Gasteiger partial charge >= 0.3 is 6.01 Å². The molecule has 6 nitrogen and oxygen atoms in total. The Morgan fingerprint density at radius 3 is 2.47 bits per heavy atom. The number of rotatable bonds is 2. The first-order chi connectivity index (χ1) is 8.02. The van der Waals surface area contributed by atoms with Crippen LogP contribution in [0.15, 0.2) is 0 Å². The zero-order valence-corrected chi connectivity index (χ0v) is 10.5. The Labute approximate surface area is 105 Å². The first kappa shape index (κ1) is 12.3. The lowest BCUT2D eigenvalue weighted by molar-refractivity contribution is -0.0738. The van der Waals surface area contributed by atoms with Crippen LogP contribution in [0.1, 0.15) is 26.7 Å². The number of halogens is 1. The molecule has 7 heteroatoms. The fourth-order valence-corrected chi connectivity index (χ4v) is 2.15. The second kappa shape index (κ2) is 5.01. The molecular formula is C10H15ClN4O2. The van der Waals surface area contributed by atoms with Gasteiger partial charge in [-0.15, -0.1) is 0 Å². The molecule has 1 aliphatic rings. The number of aromatic nitrogens is 3. The minimum absolute atomic E-state index is 0.0200. The molecule has 0 spiro atoms. The molecular weight excluding hydrogens is 244 g/mol. The van der Waals surface area contributed by atoms with E-state index in [0.717, 1.165) is 12.8 Å². The third kappa shape index (κ3) is 3.41. The highest BCUT2D eigenvalue weighted by Crippen LogP contribution is 2.23. The molecule has 1 aromatic rings. The molecule has 0 radical (unpaired) electrons. The SMILES string of the molecule is CC1CC(Oc2nc(N)nc(Cl)n2)CC(C)O1. The molecule has 2 rings (SSSR count). The molecule has 0 bridgehead atoms. The Morgan fingerprint density at radius 2 is 1.88 bits per heavy atom. The Bertz CT molecular complexity index is 374. The Kier molecular flexibility index (Phi) is 3.63. The molecule has 0 aromatic carbocycles. The lowest BCUT2D eigenvalue weighted by Crippen LogP contribution is -2.36. The molecule has 2 atom stereocenters. The van der Waals surface area contributed by atoms with Crippen molar-refractivity contribution in [2.75, 3.05) is 5.73 Å². The molecule has 94 valence electrons. The van der Waals surface area contributed by atoms with Crippen LogP contribution in [0.5, 0.6) is 6.01 Å². The van der Waals surface area contributed by atoms with Gasteiger partial charge in [0.05, 0.1) is 12.2 Å². The van der Waals surface area contributed by atoms with E-state index >= 15 is 0 Å². The summed E-state index contributed by atoms with van der Waals surface area (Å²) in [5.74, 6) is 0.0631. The van der Waals surface area contributed by atoms with E-state index in [2.05, 4.69) is 15.0 Å². The number of nitrogen functional groups attached to an aromatic ring is 1. The highest BCUT2D eigenvalue weighted by Gasteiger charge is 2.26. The average Bonchev–Trinajstić information content (AvgIpc) is 2.13. The van der Waals surface area contributed by atoms with Crippen LogP contribution in [-0.2, 0) is 4.74 Å². The van der Waals surface area contributed by atoms with Gasteiger partial charge < -0.3 is 15.2 Å². The summed E-state index contributed by atoms with van der Waals surface area (Å²) in [5.41, 5.74) is 5.47. The van der Waals surface area contributed by atoms with Crippen molar-refractivity contribution in [1.29, 1.82) is 0 Å². The fraction of sp³-hybridized carbons (Fsp3) is 0.700. The maximum absolute atomic E-state index is 5.68. The molecule has 1 saturated heterocycles. The zero-order valence-electron chi connectivity index (χ0n) is 9.76. The predicted octanol–water partition coefficient (Wildman–Crippen LogP) is 1.44. The molecule has 1 aliphatic heterocycles. The number of ether oxygens (including phenoxy) is 2. The van der Waals surface area contributed by atoms with E-state index in [9.17, 15) is 0 Å². The van der Waals surface area contributed by atoms with Crippen LogP contribution in [-0.4, -0.2) is 33.3 Å². The van der Waals surface area contributed by atoms with Crippen molar-refractivity contribution < 1.29 is 9.47 Å². The summed E-state index contributed by atoms with van der Waals surface area (Å²) in [5, 5.41) is 0.0423. The van der Waals surface area contributed by atoms with Crippen molar-refractivity contribution in [1.82, 2.24) is 15.0 Å². The molecule has 2 unspecified atom stereocenters. The van der Waals surface area contributed by atoms with Crippen molar-refractivity contribution in [2.45, 2.75) is 45.0 Å². The molecule has 0 aliphatic carbocycles. The van der Waals surface area contributed by atoms with Crippen LogP contribution in [0.3, 0.4) is 0 Å². The first-order valence-electron chi connectivity index (χ1n) is 5.52. The average molecular weight is 259 g/mol. The highest BCUT2D eigenvalue weighted by molar-refractivity contribution is 6.28. The van der Waals surface area contributed by atoms with Crippen LogP contribution >= 0.6 is 11.6 Å². The zero-order chi connectivity index (χ0) is 12.4. The van der Waals surface area contributed by atoms with Crippen LogP contribution < -0.4 is 10.5 Å². The standard InChI is InChI=1S/C10H15ClN4O2/c1-5-3-7(4-6(2)16-5)17-10-14-8(11)13-9(12)15-10/h5-7H,3-4H2,1-2H3,(H2,12,13,14,15). The van der Waals surface area contributed by atoms with Gasteiger partial charge in [-0.05, 0) is 25.4 Å². The van der Waals surface area contributed by atoms with Gasteiger partial charge in [-0.2, -0.15) is 15.0 Å². The van der Waals surface area contributed by atoms with Gasteiger partial charge in [-0.25, -0.2) is 0 Å². The van der Waals surface area contributed by atoms with E-state index in [4.69, 9.17) is 26.8 Å². The van der Waals surface area contributed by atoms with Crippen LogP contribution in [0.25, 0.3) is 0 Å². The van der Waals surface area contributed by atoms with Gasteiger partial charge in [-0.3, -0.25) is 0 Å². The van der Waals surface area contributed by atoms with E-state index in [1.807, 2.05) is 13.8 Å². The molecule has 0 saturated carbocycles. The number of nitrogens with zero attached hydrogens (tertiary/aromatic N) is 3. The summed E-state index contributed by atoms with van der Waals surface area (Å²) in [7, 11) is 0. The quantitative estimate of drug-likeness (QED) is 0.864. The maximum Gasteiger partial charge on any atom is 0.322 e. The van der Waals surface area contributed by atoms with Gasteiger partial charge in [0.15, 0.2) is 0 Å². The summed E-state index contributed by atoms with van der Waals surface area (Å²) >= 11 is 5.68. The van der Waals surface area contributed by atoms with Gasteiger partial charge in [0.1, 0.15) is 6.10 Å². The first-order valence-corrected chi connectivity index (χ1v) is 5.90. The third-order valence-electron chi connectivity index (χ3n) is 2.53. The predicted molar refractivity (Wildman–Crippen MR) is 62.9 cm³/mol. The van der Waals surface area contributed by atoms with Gasteiger partial charge in [0.25, 0.3) is 0 Å². The number of hydrogen-bond acceptors (Lipinski definition) is 6. The molecule has 2 heterocycles. The second-order valence-corrected chi connectivity index (χ2v) is 4.55. The smallest absolute Gasteiger partial charge is 0.322 e. The number of nitrogens with two attached hydrogens (primary N) is 1. The van der Waals surface area contributed by atoms with Gasteiger partial charge in [0.2, 0.25) is 11.2 Å². The van der Waals surface area contributed by atoms with Crippen LogP contribution in [0, 0.1) is 0 Å². The van der Waals surface area contributed by atoms with E-state index < -0.39 is 0 Å². The van der Waals surface area contributed by atoms with Crippen LogP contribution in [0.4, 0.5) is 5.95 Å². The lowest BCUT2D eigenvalue weighted by Gasteiger charge is -2.31. The third-order valence-corrected chi connectivity index (χ3v) is 2.70. The summed E-state index contributed by atoms with van der Waals surface area (Å²) in [6.07, 6.45) is 1.95. The fourth-order valence-electron chi connectivity index (χ4n) is 1.99. The van der Waals surface area contributed by atoms with Crippen molar-refractivity contribution >= 4 is 17.5 Å². The highest BCUT2D eigenvalue weighted by atomic mass is 35.5. The molecule has 17 heavy (non-hydrogen) atoms. The van der Waals surface area contributed by atoms with Gasteiger partial charge in [-0.1, -0.05) is 0 Å². The van der Waals surface area contributed by atoms with Crippen molar-refractivity contribution in [2.24, 2.45) is 0 Å². The van der Waals surface area contributed by atoms with E-state index in [-0.39, 0.29) is 35.6 Å². The summed E-state index contributed by atoms with van der Waals surface area (Å²) in [4.78, 5) is 11.4. The summed E-state index contributed by atoms with van der Waals surface area (Å²) in [6.45, 7) is 4.03. The number of hydrogen-bond donors (Lipinski definition) is 1. The minimum atomic E-state index is 0.0200. The van der Waals surface area contributed by atoms with Crippen LogP contribution in [0.2, 0.25) is 5.28 Å². The lowest BCUT2D eigenvalue weighted by atomic mass is 10.0. The Morgan fingerprint density at radius 1 is 1.24 bits per heavy atom. The monoisotopic (exact) mass is 258 g/mol. The normalized spacial score (nSPS) is 29.0. The van der Waals surface area contributed by atoms with E-state index in [1.165, 1.54) is 0 Å². The molecule has 0 amide bonds. The van der Waals surface area contributed by atoms with Crippen molar-refractivity contribution in [3.63, 3.8) is 0 Å². The molecule has 1 fully saturated rings. The Hall–Kier alpha value is -1.14. The summed E-state index contributed by atoms with van der Waals surface area (Å²) in [6, 6.07) is 0.175. The van der Waals surface area contributed by atoms with Crippen molar-refractivity contribution in [3.8, 4) is 6.01 Å². The largest absolute Gasteiger partial charge is 0.460 e. The maximum atomic E-state index is 5.68. The second-order valence-electron chi connectivity index (χ2n) is 4.21. The van der Waals surface area contributed by atoms with Gasteiger partial charge in [0, 0.05) is 12.8 Å². The number of anilines is 1. The molecule has 2 N–H and O–H groups in total. The minimum Gasteiger partial charge on any atom is -0.460 e. The van der Waals surface area contributed by atoms with E-state index in [1.54, 1.807) is 0 Å². The summed E-state index contributed by atoms with van der Waals surface area (Å²) < 4.78 is 11.3. The van der Waals surface area contributed by atoms with E-state index in [0.29, 0.717) is 0 Å². The Balaban J connectivity index is 2.04. The van der Waals surface area contributed by atoms with Crippen molar-refractivity contribution in [3.05, 3.63) is 5.28 Å².